The van der Waals surface area contributed by atoms with Crippen molar-refractivity contribution in [2.75, 3.05) is 10.2 Å². The van der Waals surface area contributed by atoms with Crippen LogP contribution in [0.1, 0.15) is 28.6 Å². The summed E-state index contributed by atoms with van der Waals surface area (Å²) in [7, 11) is 0. The Morgan fingerprint density at radius 1 is 1.29 bits per heavy atom. The number of hydrogen-bond donors (Lipinski definition) is 2. The van der Waals surface area contributed by atoms with E-state index in [1.807, 2.05) is 12.1 Å². The van der Waals surface area contributed by atoms with Crippen molar-refractivity contribution in [3.8, 4) is 0 Å². The lowest BCUT2D eigenvalue weighted by atomic mass is 10.1. The van der Waals surface area contributed by atoms with Crippen LogP contribution in [0.25, 0.3) is 0 Å². The molecule has 1 atom stereocenters. The number of furan rings is 1. The number of amides is 1. The van der Waals surface area contributed by atoms with Crippen LogP contribution in [0.2, 0.25) is 0 Å². The van der Waals surface area contributed by atoms with Gasteiger partial charge in [-0.05, 0) is 31.0 Å². The second-order valence-corrected chi connectivity index (χ2v) is 6.83. The van der Waals surface area contributed by atoms with Crippen LogP contribution >= 0.6 is 0 Å². The standard InChI is InChI=1S/C20H20N4O4/c1-13-10-14-4-2-3-5-16(14)24(13)11-15-7-9-28-19(15)20(27)21-17-6-8-23(22-17)12-18(25)26/h2-9,13H,10-12H2,1H3,(H,25,26)(H,21,22,27). The summed E-state index contributed by atoms with van der Waals surface area (Å²) in [6.45, 7) is 2.45. The summed E-state index contributed by atoms with van der Waals surface area (Å²) in [6, 6.07) is 11.9. The van der Waals surface area contributed by atoms with Crippen LogP contribution in [0, 0.1) is 0 Å². The SMILES string of the molecule is CC1Cc2ccccc2N1Cc1ccoc1C(=O)Nc1ccn(CC(=O)O)n1. The van der Waals surface area contributed by atoms with E-state index in [2.05, 4.69) is 34.4 Å². The molecule has 0 radical (unpaired) electrons. The van der Waals surface area contributed by atoms with Gasteiger partial charge in [0.2, 0.25) is 0 Å². The Balaban J connectivity index is 1.49. The molecule has 8 heteroatoms. The van der Waals surface area contributed by atoms with Gasteiger partial charge in [-0.2, -0.15) is 5.10 Å². The van der Waals surface area contributed by atoms with Crippen LogP contribution in [0.3, 0.4) is 0 Å². The third-order valence-corrected chi connectivity index (χ3v) is 4.82. The van der Waals surface area contributed by atoms with Gasteiger partial charge in [0.1, 0.15) is 6.54 Å². The number of carboxylic acid groups (broad SMARTS) is 1. The largest absolute Gasteiger partial charge is 0.480 e. The fourth-order valence-electron chi connectivity index (χ4n) is 3.54. The molecule has 0 aliphatic carbocycles. The third-order valence-electron chi connectivity index (χ3n) is 4.82. The van der Waals surface area contributed by atoms with Crippen LogP contribution in [0.15, 0.2) is 53.3 Å². The number of carboxylic acids is 1. The molecule has 1 aromatic carbocycles. The smallest absolute Gasteiger partial charge is 0.325 e. The van der Waals surface area contributed by atoms with Crippen LogP contribution in [0.4, 0.5) is 11.5 Å². The Kier molecular flexibility index (Phi) is 4.60. The van der Waals surface area contributed by atoms with Crippen molar-refractivity contribution in [1.82, 2.24) is 9.78 Å². The number of carbonyl (C=O) groups is 2. The number of fused-ring (bicyclic) bond motifs is 1. The van der Waals surface area contributed by atoms with E-state index in [1.54, 1.807) is 12.1 Å². The van der Waals surface area contributed by atoms with Crippen molar-refractivity contribution in [3.63, 3.8) is 0 Å². The lowest BCUT2D eigenvalue weighted by Crippen LogP contribution is -2.29. The monoisotopic (exact) mass is 380 g/mol. The van der Waals surface area contributed by atoms with Gasteiger partial charge in [-0.3, -0.25) is 14.3 Å². The summed E-state index contributed by atoms with van der Waals surface area (Å²) in [4.78, 5) is 25.6. The van der Waals surface area contributed by atoms with Crippen LogP contribution in [-0.4, -0.2) is 32.8 Å². The van der Waals surface area contributed by atoms with Gasteiger partial charge in [0.05, 0.1) is 6.26 Å². The number of rotatable bonds is 6. The third kappa shape index (κ3) is 3.48. The van der Waals surface area contributed by atoms with Gasteiger partial charge >= 0.3 is 5.97 Å². The summed E-state index contributed by atoms with van der Waals surface area (Å²) in [5.74, 6) is -0.923. The predicted molar refractivity (Wildman–Crippen MR) is 102 cm³/mol. The van der Waals surface area contributed by atoms with E-state index in [1.165, 1.54) is 28.4 Å². The molecule has 0 saturated heterocycles. The Hall–Kier alpha value is -3.55. The zero-order valence-electron chi connectivity index (χ0n) is 15.3. The number of aromatic nitrogens is 2. The van der Waals surface area contributed by atoms with Gasteiger partial charge in [-0.15, -0.1) is 0 Å². The zero-order valence-corrected chi connectivity index (χ0v) is 15.3. The van der Waals surface area contributed by atoms with Gasteiger partial charge < -0.3 is 19.7 Å². The average Bonchev–Trinajstić information content (AvgIpc) is 3.35. The molecule has 1 unspecified atom stereocenters. The van der Waals surface area contributed by atoms with Crippen molar-refractivity contribution in [3.05, 3.63) is 65.7 Å². The minimum Gasteiger partial charge on any atom is -0.480 e. The predicted octanol–water partition coefficient (Wildman–Crippen LogP) is 2.76. The molecule has 28 heavy (non-hydrogen) atoms. The van der Waals surface area contributed by atoms with Gasteiger partial charge in [-0.25, -0.2) is 0 Å². The summed E-state index contributed by atoms with van der Waals surface area (Å²) in [5, 5.41) is 15.5. The van der Waals surface area contributed by atoms with E-state index >= 15 is 0 Å². The lowest BCUT2D eigenvalue weighted by Gasteiger charge is -2.24. The number of nitrogens with one attached hydrogen (secondary N) is 1. The first-order valence-electron chi connectivity index (χ1n) is 8.99. The van der Waals surface area contributed by atoms with Gasteiger partial charge in [0.15, 0.2) is 11.6 Å². The maximum Gasteiger partial charge on any atom is 0.325 e. The Labute approximate surface area is 161 Å². The molecule has 0 saturated carbocycles. The maximum absolute atomic E-state index is 12.6. The Morgan fingerprint density at radius 2 is 2.11 bits per heavy atom. The van der Waals surface area contributed by atoms with Crippen molar-refractivity contribution in [2.24, 2.45) is 0 Å². The summed E-state index contributed by atoms with van der Waals surface area (Å²) in [6.07, 6.45) is 3.96. The first-order valence-corrected chi connectivity index (χ1v) is 8.99. The molecule has 144 valence electrons. The van der Waals surface area contributed by atoms with E-state index in [0.717, 1.165) is 12.0 Å². The maximum atomic E-state index is 12.6. The highest BCUT2D eigenvalue weighted by Gasteiger charge is 2.27. The Morgan fingerprint density at radius 3 is 2.93 bits per heavy atom. The van der Waals surface area contributed by atoms with Crippen molar-refractivity contribution in [1.29, 1.82) is 0 Å². The Bertz CT molecular complexity index is 1020. The van der Waals surface area contributed by atoms with Gasteiger partial charge in [-0.1, -0.05) is 18.2 Å². The molecule has 0 fully saturated rings. The van der Waals surface area contributed by atoms with E-state index in [9.17, 15) is 9.59 Å². The average molecular weight is 380 g/mol. The highest BCUT2D eigenvalue weighted by Crippen LogP contribution is 2.33. The molecule has 2 aromatic heterocycles. The number of aliphatic carboxylic acids is 1. The van der Waals surface area contributed by atoms with Crippen LogP contribution < -0.4 is 10.2 Å². The topological polar surface area (TPSA) is 101 Å². The number of carbonyl (C=O) groups excluding carboxylic acids is 1. The minimum atomic E-state index is -1.01. The number of para-hydroxylation sites is 1. The van der Waals surface area contributed by atoms with Gasteiger partial charge in [0, 0.05) is 36.1 Å². The quantitative estimate of drug-likeness (QED) is 0.682. The molecule has 3 heterocycles. The van der Waals surface area contributed by atoms with Gasteiger partial charge in [0.25, 0.3) is 5.91 Å². The molecule has 4 rings (SSSR count). The van der Waals surface area contributed by atoms with Crippen molar-refractivity contribution >= 4 is 23.4 Å². The molecule has 1 aliphatic rings. The molecule has 1 aliphatic heterocycles. The highest BCUT2D eigenvalue weighted by atomic mass is 16.4. The highest BCUT2D eigenvalue weighted by molar-refractivity contribution is 6.02. The molecule has 0 bridgehead atoms. The molecule has 1 amide bonds. The van der Waals surface area contributed by atoms with E-state index in [-0.39, 0.29) is 18.1 Å². The zero-order chi connectivity index (χ0) is 19.7. The first kappa shape index (κ1) is 17.8. The first-order chi connectivity index (χ1) is 13.5. The van der Waals surface area contributed by atoms with Crippen molar-refractivity contribution in [2.45, 2.75) is 32.5 Å². The lowest BCUT2D eigenvalue weighted by molar-refractivity contribution is -0.137. The minimum absolute atomic E-state index is 0.226. The summed E-state index contributed by atoms with van der Waals surface area (Å²) in [5.41, 5.74) is 3.26. The summed E-state index contributed by atoms with van der Waals surface area (Å²) < 4.78 is 6.68. The summed E-state index contributed by atoms with van der Waals surface area (Å²) >= 11 is 0. The van der Waals surface area contributed by atoms with Crippen LogP contribution in [-0.2, 0) is 24.3 Å². The number of benzene rings is 1. The number of hydrogen-bond acceptors (Lipinski definition) is 5. The molecule has 2 N–H and O–H groups in total. The molecule has 0 spiro atoms. The molecular formula is C20H20N4O4. The number of anilines is 2. The van der Waals surface area contributed by atoms with Crippen molar-refractivity contribution < 1.29 is 19.1 Å². The van der Waals surface area contributed by atoms with Crippen LogP contribution in [0.5, 0.6) is 0 Å². The fraction of sp³-hybridized carbons (Fsp3) is 0.250. The molecular weight excluding hydrogens is 360 g/mol. The normalized spacial score (nSPS) is 15.5. The van der Waals surface area contributed by atoms with E-state index in [0.29, 0.717) is 12.6 Å². The number of nitrogens with zero attached hydrogens (tertiary/aromatic N) is 3. The second-order valence-electron chi connectivity index (χ2n) is 6.83. The second kappa shape index (κ2) is 7.22. The molecule has 8 nitrogen and oxygen atoms in total. The van der Waals surface area contributed by atoms with E-state index < -0.39 is 11.9 Å². The fourth-order valence-corrected chi connectivity index (χ4v) is 3.54. The van der Waals surface area contributed by atoms with E-state index in [4.69, 9.17) is 9.52 Å². The molecule has 3 aromatic rings.